The molecule has 4 nitrogen and oxygen atoms in total. The van der Waals surface area contributed by atoms with Crippen LogP contribution in [0.2, 0.25) is 0 Å². The van der Waals surface area contributed by atoms with Crippen molar-refractivity contribution >= 4 is 5.69 Å². The van der Waals surface area contributed by atoms with Crippen LogP contribution in [-0.4, -0.2) is 34.4 Å². The van der Waals surface area contributed by atoms with E-state index in [1.165, 1.54) is 0 Å². The number of hydrogen-bond acceptors (Lipinski definition) is 4. The van der Waals surface area contributed by atoms with E-state index in [0.29, 0.717) is 6.04 Å². The Morgan fingerprint density at radius 2 is 2.12 bits per heavy atom. The third-order valence-corrected chi connectivity index (χ3v) is 2.54. The van der Waals surface area contributed by atoms with Crippen LogP contribution in [0.1, 0.15) is 25.8 Å². The average molecular weight is 224 g/mol. The van der Waals surface area contributed by atoms with Crippen molar-refractivity contribution in [2.75, 3.05) is 18.1 Å². The highest BCUT2D eigenvalue weighted by Gasteiger charge is 2.13. The molecule has 0 saturated heterocycles. The van der Waals surface area contributed by atoms with Gasteiger partial charge in [0.2, 0.25) is 0 Å². The fourth-order valence-electron chi connectivity index (χ4n) is 1.72. The number of rotatable bonds is 6. The first-order chi connectivity index (χ1) is 7.70. The van der Waals surface area contributed by atoms with Gasteiger partial charge in [0.15, 0.2) is 0 Å². The van der Waals surface area contributed by atoms with Crippen molar-refractivity contribution in [3.05, 3.63) is 24.0 Å². The van der Waals surface area contributed by atoms with E-state index in [1.54, 1.807) is 12.4 Å². The predicted molar refractivity (Wildman–Crippen MR) is 64.3 cm³/mol. The number of hydrogen-bond donors (Lipinski definition) is 2. The summed E-state index contributed by atoms with van der Waals surface area (Å²) in [4.78, 5) is 6.17. The van der Waals surface area contributed by atoms with Gasteiger partial charge in [0.1, 0.15) is 0 Å². The van der Waals surface area contributed by atoms with Crippen LogP contribution in [0.3, 0.4) is 0 Å². The van der Waals surface area contributed by atoms with Gasteiger partial charge in [-0.15, -0.1) is 0 Å². The molecule has 0 aliphatic carbocycles. The number of aliphatic hydroxyl groups excluding tert-OH is 2. The van der Waals surface area contributed by atoms with Crippen molar-refractivity contribution in [3.8, 4) is 0 Å². The van der Waals surface area contributed by atoms with Crippen LogP contribution in [0.5, 0.6) is 0 Å². The van der Waals surface area contributed by atoms with Crippen molar-refractivity contribution in [2.45, 2.75) is 32.9 Å². The standard InChI is InChI=1S/C12H20N2O2/c1-10(2)14(6-3-7-15)12-4-5-13-8-11(12)9-16/h4-5,8,10,15-16H,3,6-7,9H2,1-2H3. The van der Waals surface area contributed by atoms with Gasteiger partial charge < -0.3 is 15.1 Å². The minimum atomic E-state index is -0.00841. The fourth-order valence-corrected chi connectivity index (χ4v) is 1.72. The summed E-state index contributed by atoms with van der Waals surface area (Å²) >= 11 is 0. The summed E-state index contributed by atoms with van der Waals surface area (Å²) in [6.07, 6.45) is 4.14. The van der Waals surface area contributed by atoms with E-state index >= 15 is 0 Å². The third kappa shape index (κ3) is 3.18. The highest BCUT2D eigenvalue weighted by Crippen LogP contribution is 2.21. The summed E-state index contributed by atoms with van der Waals surface area (Å²) in [7, 11) is 0. The summed E-state index contributed by atoms with van der Waals surface area (Å²) in [5.41, 5.74) is 1.83. The van der Waals surface area contributed by atoms with Crippen LogP contribution in [0.15, 0.2) is 18.5 Å². The van der Waals surface area contributed by atoms with E-state index < -0.39 is 0 Å². The molecule has 0 unspecified atom stereocenters. The highest BCUT2D eigenvalue weighted by atomic mass is 16.3. The van der Waals surface area contributed by atoms with Crippen LogP contribution in [0.4, 0.5) is 5.69 Å². The number of anilines is 1. The van der Waals surface area contributed by atoms with Gasteiger partial charge in [-0.05, 0) is 26.3 Å². The lowest BCUT2D eigenvalue weighted by Gasteiger charge is -2.30. The summed E-state index contributed by atoms with van der Waals surface area (Å²) in [5.74, 6) is 0. The molecule has 1 aromatic rings. The molecule has 0 spiro atoms. The minimum absolute atomic E-state index is 0.00841. The van der Waals surface area contributed by atoms with Gasteiger partial charge in [-0.1, -0.05) is 0 Å². The summed E-state index contributed by atoms with van der Waals surface area (Å²) in [5, 5.41) is 18.1. The molecule has 1 rings (SSSR count). The maximum atomic E-state index is 9.26. The van der Waals surface area contributed by atoms with E-state index in [1.807, 2.05) is 6.07 Å². The first kappa shape index (κ1) is 12.9. The molecule has 0 aliphatic rings. The molecule has 1 heterocycles. The molecular formula is C12H20N2O2. The lowest BCUT2D eigenvalue weighted by atomic mass is 10.1. The molecule has 0 aliphatic heterocycles. The maximum Gasteiger partial charge on any atom is 0.0717 e. The van der Waals surface area contributed by atoms with Crippen molar-refractivity contribution < 1.29 is 10.2 Å². The van der Waals surface area contributed by atoms with E-state index in [2.05, 4.69) is 23.7 Å². The Labute approximate surface area is 96.6 Å². The Morgan fingerprint density at radius 3 is 2.69 bits per heavy atom. The van der Waals surface area contributed by atoms with Crippen LogP contribution >= 0.6 is 0 Å². The highest BCUT2D eigenvalue weighted by molar-refractivity contribution is 5.52. The Hall–Kier alpha value is -1.13. The molecule has 16 heavy (non-hydrogen) atoms. The van der Waals surface area contributed by atoms with E-state index in [0.717, 1.165) is 24.2 Å². The van der Waals surface area contributed by atoms with Gasteiger partial charge in [0.05, 0.1) is 6.61 Å². The normalized spacial score (nSPS) is 10.8. The van der Waals surface area contributed by atoms with Crippen LogP contribution < -0.4 is 4.90 Å². The van der Waals surface area contributed by atoms with Crippen molar-refractivity contribution in [3.63, 3.8) is 0 Å². The lowest BCUT2D eigenvalue weighted by molar-refractivity contribution is 0.280. The largest absolute Gasteiger partial charge is 0.396 e. The first-order valence-electron chi connectivity index (χ1n) is 5.62. The third-order valence-electron chi connectivity index (χ3n) is 2.54. The number of aliphatic hydroxyl groups is 2. The zero-order chi connectivity index (χ0) is 12.0. The molecule has 4 heteroatoms. The Balaban J connectivity index is 2.91. The minimum Gasteiger partial charge on any atom is -0.396 e. The zero-order valence-corrected chi connectivity index (χ0v) is 9.93. The smallest absolute Gasteiger partial charge is 0.0717 e. The first-order valence-corrected chi connectivity index (χ1v) is 5.62. The molecule has 0 saturated carbocycles. The van der Waals surface area contributed by atoms with Gasteiger partial charge in [-0.2, -0.15) is 0 Å². The summed E-state index contributed by atoms with van der Waals surface area (Å²) < 4.78 is 0. The van der Waals surface area contributed by atoms with Gasteiger partial charge in [-0.25, -0.2) is 0 Å². The van der Waals surface area contributed by atoms with Crippen molar-refractivity contribution in [1.29, 1.82) is 0 Å². The molecule has 0 amide bonds. The SMILES string of the molecule is CC(C)N(CCCO)c1ccncc1CO. The fraction of sp³-hybridized carbons (Fsp3) is 0.583. The van der Waals surface area contributed by atoms with Gasteiger partial charge in [0, 0.05) is 42.8 Å². The number of nitrogens with zero attached hydrogens (tertiary/aromatic N) is 2. The molecule has 1 aromatic heterocycles. The van der Waals surface area contributed by atoms with Crippen molar-refractivity contribution in [1.82, 2.24) is 4.98 Å². The molecule has 0 bridgehead atoms. The van der Waals surface area contributed by atoms with E-state index in [9.17, 15) is 5.11 Å². The molecule has 90 valence electrons. The molecule has 0 atom stereocenters. The summed E-state index contributed by atoms with van der Waals surface area (Å²) in [6.45, 7) is 5.15. The van der Waals surface area contributed by atoms with Gasteiger partial charge >= 0.3 is 0 Å². The van der Waals surface area contributed by atoms with Gasteiger partial charge in [-0.3, -0.25) is 4.98 Å². The van der Waals surface area contributed by atoms with Crippen molar-refractivity contribution in [2.24, 2.45) is 0 Å². The second-order valence-corrected chi connectivity index (χ2v) is 4.03. The Bertz CT molecular complexity index is 316. The quantitative estimate of drug-likeness (QED) is 0.761. The number of aromatic nitrogens is 1. The molecule has 2 N–H and O–H groups in total. The second-order valence-electron chi connectivity index (χ2n) is 4.03. The van der Waals surface area contributed by atoms with Gasteiger partial charge in [0.25, 0.3) is 0 Å². The Kier molecular flexibility index (Phi) is 5.22. The second kappa shape index (κ2) is 6.45. The molecular weight excluding hydrogens is 204 g/mol. The monoisotopic (exact) mass is 224 g/mol. The molecule has 0 radical (unpaired) electrons. The maximum absolute atomic E-state index is 9.26. The van der Waals surface area contributed by atoms with E-state index in [4.69, 9.17) is 5.11 Å². The Morgan fingerprint density at radius 1 is 1.38 bits per heavy atom. The summed E-state index contributed by atoms with van der Waals surface area (Å²) in [6, 6.07) is 2.24. The van der Waals surface area contributed by atoms with Crippen LogP contribution in [0.25, 0.3) is 0 Å². The lowest BCUT2D eigenvalue weighted by Crippen LogP contribution is -2.33. The topological polar surface area (TPSA) is 56.6 Å². The van der Waals surface area contributed by atoms with Crippen LogP contribution in [0, 0.1) is 0 Å². The predicted octanol–water partition coefficient (Wildman–Crippen LogP) is 1.17. The van der Waals surface area contributed by atoms with E-state index in [-0.39, 0.29) is 13.2 Å². The molecule has 0 aromatic carbocycles. The van der Waals surface area contributed by atoms with Crippen LogP contribution in [-0.2, 0) is 6.61 Å². The average Bonchev–Trinajstić information content (AvgIpc) is 2.29. The molecule has 0 fully saturated rings. The zero-order valence-electron chi connectivity index (χ0n) is 9.93. The number of pyridine rings is 1.